The Hall–Kier alpha value is -4.44. The molecule has 0 spiro atoms. The molecule has 0 amide bonds. The maximum absolute atomic E-state index is 14.7. The monoisotopic (exact) mass is 544 g/mol. The number of aromatic nitrogens is 3. The first-order chi connectivity index (χ1) is 19.5. The summed E-state index contributed by atoms with van der Waals surface area (Å²) in [6, 6.07) is 13.4. The highest BCUT2D eigenvalue weighted by atomic mass is 19.1. The van der Waals surface area contributed by atoms with Gasteiger partial charge >= 0.3 is 0 Å². The van der Waals surface area contributed by atoms with Crippen molar-refractivity contribution in [3.8, 4) is 5.75 Å². The summed E-state index contributed by atoms with van der Waals surface area (Å²) in [5, 5.41) is 16.6. The van der Waals surface area contributed by atoms with Gasteiger partial charge in [-0.05, 0) is 63.0 Å². The molecule has 4 aromatic rings. The minimum Gasteiger partial charge on any atom is -0.494 e. The zero-order valence-electron chi connectivity index (χ0n) is 22.3. The first kappa shape index (κ1) is 27.1. The third-order valence-electron chi connectivity index (χ3n) is 6.88. The predicted molar refractivity (Wildman–Crippen MR) is 151 cm³/mol. The molecule has 1 fully saturated rings. The van der Waals surface area contributed by atoms with Crippen molar-refractivity contribution in [1.82, 2.24) is 20.3 Å². The van der Waals surface area contributed by atoms with E-state index >= 15 is 0 Å². The molecule has 0 saturated carbocycles. The van der Waals surface area contributed by atoms with Crippen molar-refractivity contribution in [2.45, 2.75) is 32.2 Å². The summed E-state index contributed by atoms with van der Waals surface area (Å²) in [6.07, 6.45) is 7.24. The lowest BCUT2D eigenvalue weighted by molar-refractivity contribution is -0.112. The molecule has 2 aromatic heterocycles. The summed E-state index contributed by atoms with van der Waals surface area (Å²) in [6.45, 7) is 3.86. The molecule has 1 aliphatic heterocycles. The fourth-order valence-electron chi connectivity index (χ4n) is 4.80. The number of rotatable bonds is 10. The van der Waals surface area contributed by atoms with Crippen molar-refractivity contribution in [2.75, 3.05) is 30.3 Å². The minimum absolute atomic E-state index is 0.0846. The van der Waals surface area contributed by atoms with E-state index in [2.05, 4.69) is 25.9 Å². The average Bonchev–Trinajstić information content (AvgIpc) is 2.98. The molecule has 40 heavy (non-hydrogen) atoms. The zero-order valence-corrected chi connectivity index (χ0v) is 22.3. The summed E-state index contributed by atoms with van der Waals surface area (Å²) in [5.74, 6) is 0.134. The standard InChI is InChI=1S/C30H31F2N7O/c1-2-40-21-15-25(31)24(26(32)16-21)18-36-27-6-4-3-5-22(27)28(33)30-37-17-23(19-7-11-34-12-8-19)29(39-30)38-20-9-13-35-14-10-20/h3-6,9-10,13-17,19,33-34,36H,2,7-8,11-12,18H2,1H3,(H,35,37,38,39)/p+1. The van der Waals surface area contributed by atoms with E-state index in [0.717, 1.165) is 37.2 Å². The topological polar surface area (TPSA) is 110 Å². The molecular formula is C30H32F2N7O+. The van der Waals surface area contributed by atoms with Crippen LogP contribution in [0, 0.1) is 11.6 Å². The van der Waals surface area contributed by atoms with Crippen LogP contribution >= 0.6 is 0 Å². The van der Waals surface area contributed by atoms with E-state index in [4.69, 9.17) is 15.1 Å². The summed E-state index contributed by atoms with van der Waals surface area (Å²) in [7, 11) is 0. The van der Waals surface area contributed by atoms with Crippen LogP contribution in [0.2, 0.25) is 0 Å². The molecule has 206 valence electrons. The number of nitrogens with one attached hydrogen (secondary N) is 3. The van der Waals surface area contributed by atoms with Crippen LogP contribution in [-0.4, -0.2) is 40.4 Å². The van der Waals surface area contributed by atoms with Crippen molar-refractivity contribution in [3.63, 3.8) is 0 Å². The molecule has 3 heterocycles. The third-order valence-corrected chi connectivity index (χ3v) is 6.88. The van der Waals surface area contributed by atoms with Gasteiger partial charge in [-0.3, -0.25) is 10.4 Å². The lowest BCUT2D eigenvalue weighted by Crippen LogP contribution is -2.42. The maximum atomic E-state index is 14.7. The summed E-state index contributed by atoms with van der Waals surface area (Å²) < 4.78 is 34.5. The molecule has 0 radical (unpaired) electrons. The number of halogens is 2. The SMILES string of the molecule is CCOc1cc(F)c(CNc2ccccc2C(=[NH2+])c2ncc(C3CCNCC3)c(Nc3ccncc3)n2)c(F)c1. The number of para-hydroxylation sites is 1. The van der Waals surface area contributed by atoms with E-state index in [1.54, 1.807) is 25.4 Å². The molecule has 0 atom stereocenters. The molecule has 0 unspecified atom stereocenters. The summed E-state index contributed by atoms with van der Waals surface area (Å²) >= 11 is 0. The molecule has 5 rings (SSSR count). The van der Waals surface area contributed by atoms with Gasteiger partial charge in [-0.1, -0.05) is 12.1 Å². The minimum atomic E-state index is -0.686. The van der Waals surface area contributed by atoms with Crippen LogP contribution in [0.1, 0.15) is 48.2 Å². The Morgan fingerprint density at radius 3 is 2.52 bits per heavy atom. The lowest BCUT2D eigenvalue weighted by Gasteiger charge is -2.24. The molecule has 10 heteroatoms. The van der Waals surface area contributed by atoms with Crippen LogP contribution in [0.25, 0.3) is 0 Å². The van der Waals surface area contributed by atoms with E-state index in [9.17, 15) is 8.78 Å². The number of pyridine rings is 1. The Bertz CT molecular complexity index is 1450. The van der Waals surface area contributed by atoms with Crippen molar-refractivity contribution >= 4 is 22.9 Å². The Morgan fingerprint density at radius 1 is 1.07 bits per heavy atom. The Morgan fingerprint density at radius 2 is 1.80 bits per heavy atom. The Balaban J connectivity index is 1.42. The van der Waals surface area contributed by atoms with Gasteiger partial charge in [-0.25, -0.2) is 18.7 Å². The smallest absolute Gasteiger partial charge is 0.251 e. The molecule has 0 bridgehead atoms. The highest BCUT2D eigenvalue weighted by molar-refractivity contribution is 6.10. The highest BCUT2D eigenvalue weighted by Gasteiger charge is 2.24. The number of anilines is 3. The number of ether oxygens (including phenoxy) is 1. The first-order valence-corrected chi connectivity index (χ1v) is 13.3. The van der Waals surface area contributed by atoms with E-state index in [1.165, 1.54) is 12.1 Å². The lowest BCUT2D eigenvalue weighted by atomic mass is 9.91. The first-order valence-electron chi connectivity index (χ1n) is 13.3. The molecular weight excluding hydrogens is 512 g/mol. The van der Waals surface area contributed by atoms with Gasteiger partial charge in [0.05, 0.1) is 12.2 Å². The number of benzene rings is 2. The normalized spacial score (nSPS) is 13.6. The maximum Gasteiger partial charge on any atom is 0.251 e. The van der Waals surface area contributed by atoms with Gasteiger partial charge in [0.2, 0.25) is 5.82 Å². The second-order valence-electron chi connectivity index (χ2n) is 9.49. The number of nitrogens with zero attached hydrogens (tertiary/aromatic N) is 3. The van der Waals surface area contributed by atoms with Crippen LogP contribution in [0.3, 0.4) is 0 Å². The van der Waals surface area contributed by atoms with Gasteiger partial charge in [-0.2, -0.15) is 0 Å². The van der Waals surface area contributed by atoms with Crippen molar-refractivity contribution in [3.05, 3.63) is 101 Å². The van der Waals surface area contributed by atoms with E-state index in [0.29, 0.717) is 41.1 Å². The zero-order chi connectivity index (χ0) is 27.9. The second-order valence-corrected chi connectivity index (χ2v) is 9.49. The largest absolute Gasteiger partial charge is 0.494 e. The number of nitrogens with two attached hydrogens (primary N) is 1. The highest BCUT2D eigenvalue weighted by Crippen LogP contribution is 2.32. The van der Waals surface area contributed by atoms with E-state index < -0.39 is 11.6 Å². The molecule has 0 aliphatic carbocycles. The van der Waals surface area contributed by atoms with Crippen molar-refractivity contribution < 1.29 is 18.9 Å². The molecule has 1 saturated heterocycles. The van der Waals surface area contributed by atoms with Crippen molar-refractivity contribution in [2.24, 2.45) is 0 Å². The van der Waals surface area contributed by atoms with Gasteiger partial charge in [-0.15, -0.1) is 0 Å². The summed E-state index contributed by atoms with van der Waals surface area (Å²) in [4.78, 5) is 13.6. The quantitative estimate of drug-likeness (QED) is 0.224. The predicted octanol–water partition coefficient (Wildman–Crippen LogP) is 3.97. The Labute approximate surface area is 231 Å². The Kier molecular flexibility index (Phi) is 8.56. The molecule has 8 nitrogen and oxygen atoms in total. The number of hydrogen-bond acceptors (Lipinski definition) is 7. The number of hydrogen-bond donors (Lipinski definition) is 4. The fourth-order valence-corrected chi connectivity index (χ4v) is 4.80. The number of piperidine rings is 1. The third kappa shape index (κ3) is 6.23. The molecule has 5 N–H and O–H groups in total. The van der Waals surface area contributed by atoms with Crippen LogP contribution in [-0.2, 0) is 6.54 Å². The van der Waals surface area contributed by atoms with Gasteiger partial charge in [0.1, 0.15) is 23.2 Å². The summed E-state index contributed by atoms with van der Waals surface area (Å²) in [5.41, 5.74) is 3.35. The van der Waals surface area contributed by atoms with Crippen LogP contribution in [0.15, 0.2) is 67.1 Å². The van der Waals surface area contributed by atoms with Gasteiger partial charge < -0.3 is 20.7 Å². The van der Waals surface area contributed by atoms with Crippen LogP contribution in [0.5, 0.6) is 5.75 Å². The van der Waals surface area contributed by atoms with Crippen LogP contribution in [0.4, 0.5) is 26.0 Å². The van der Waals surface area contributed by atoms with Crippen molar-refractivity contribution in [1.29, 1.82) is 0 Å². The average molecular weight is 545 g/mol. The van der Waals surface area contributed by atoms with Gasteiger partial charge in [0.25, 0.3) is 5.71 Å². The van der Waals surface area contributed by atoms with E-state index in [1.807, 2.05) is 36.5 Å². The van der Waals surface area contributed by atoms with Gasteiger partial charge in [0, 0.05) is 59.8 Å². The molecule has 2 aromatic carbocycles. The van der Waals surface area contributed by atoms with Crippen LogP contribution < -0.4 is 26.1 Å². The van der Waals surface area contributed by atoms with E-state index in [-0.39, 0.29) is 17.9 Å². The second kappa shape index (κ2) is 12.6. The van der Waals surface area contributed by atoms with Gasteiger partial charge in [0.15, 0.2) is 0 Å². The molecule has 1 aliphatic rings. The fraction of sp³-hybridized carbons (Fsp3) is 0.267.